The largest absolute Gasteiger partial charge is 0.307 e. The number of hydrogen-bond acceptors (Lipinski definition) is 1. The maximum Gasteiger partial charge on any atom is 0.0325 e. The van der Waals surface area contributed by atoms with Gasteiger partial charge in [-0.25, -0.2) is 0 Å². The quantitative estimate of drug-likeness (QED) is 0.752. The van der Waals surface area contributed by atoms with Gasteiger partial charge in [0.15, 0.2) is 0 Å². The Bertz CT molecular complexity index is 370. The van der Waals surface area contributed by atoms with Gasteiger partial charge >= 0.3 is 0 Å². The summed E-state index contributed by atoms with van der Waals surface area (Å²) >= 11 is 0. The Morgan fingerprint density at radius 3 is 3.00 bits per heavy atom. The monoisotopic (exact) mass is 229 g/mol. The molecular weight excluding hydrogens is 206 g/mol. The zero-order chi connectivity index (χ0) is 12.1. The van der Waals surface area contributed by atoms with Gasteiger partial charge in [0.25, 0.3) is 0 Å². The minimum Gasteiger partial charge on any atom is -0.307 e. The summed E-state index contributed by atoms with van der Waals surface area (Å²) in [5.41, 5.74) is 3.04. The summed E-state index contributed by atoms with van der Waals surface area (Å²) < 4.78 is 0. The van der Waals surface area contributed by atoms with Crippen molar-refractivity contribution in [1.82, 2.24) is 5.32 Å². The third-order valence-electron chi connectivity index (χ3n) is 3.63. The normalized spacial score (nSPS) is 23.1. The molecule has 0 saturated carbocycles. The molecule has 0 saturated heterocycles. The maximum atomic E-state index is 3.86. The second kappa shape index (κ2) is 6.02. The van der Waals surface area contributed by atoms with E-state index in [0.717, 1.165) is 12.8 Å². The van der Waals surface area contributed by atoms with Crippen LogP contribution < -0.4 is 5.32 Å². The molecule has 1 aromatic carbocycles. The zero-order valence-electron chi connectivity index (χ0n) is 10.8. The molecule has 0 fully saturated rings. The van der Waals surface area contributed by atoms with E-state index < -0.39 is 0 Å². The Morgan fingerprint density at radius 1 is 1.41 bits per heavy atom. The van der Waals surface area contributed by atoms with E-state index in [4.69, 9.17) is 0 Å². The van der Waals surface area contributed by atoms with E-state index in [1.54, 1.807) is 0 Å². The molecule has 92 valence electrons. The maximum absolute atomic E-state index is 3.86. The Labute approximate surface area is 105 Å². The van der Waals surface area contributed by atoms with Crippen LogP contribution in [0.3, 0.4) is 0 Å². The van der Waals surface area contributed by atoms with E-state index in [1.165, 1.54) is 30.4 Å². The third-order valence-corrected chi connectivity index (χ3v) is 3.63. The molecular formula is C16H23N. The summed E-state index contributed by atoms with van der Waals surface area (Å²) in [5.74, 6) is 0. The van der Waals surface area contributed by atoms with E-state index in [-0.39, 0.29) is 0 Å². The first-order valence-corrected chi connectivity index (χ1v) is 6.80. The Hall–Kier alpha value is -1.08. The molecule has 1 aliphatic rings. The van der Waals surface area contributed by atoms with Gasteiger partial charge in [-0.3, -0.25) is 0 Å². The molecule has 1 N–H and O–H groups in total. The molecule has 1 heterocycles. The van der Waals surface area contributed by atoms with Crippen LogP contribution in [0.4, 0.5) is 0 Å². The molecule has 0 unspecified atom stereocenters. The second-order valence-electron chi connectivity index (χ2n) is 4.99. The van der Waals surface area contributed by atoms with Gasteiger partial charge in [-0.05, 0) is 30.4 Å². The fourth-order valence-electron chi connectivity index (χ4n) is 2.76. The lowest BCUT2D eigenvalue weighted by Crippen LogP contribution is -2.39. The SMILES string of the molecule is C=CC[C@@H]1Cc2ccccc2[C@@H](CCCC)N1. The van der Waals surface area contributed by atoms with E-state index in [9.17, 15) is 0 Å². The van der Waals surface area contributed by atoms with Crippen molar-refractivity contribution in [2.24, 2.45) is 0 Å². The zero-order valence-corrected chi connectivity index (χ0v) is 10.8. The first-order chi connectivity index (χ1) is 8.35. The minimum absolute atomic E-state index is 0.546. The highest BCUT2D eigenvalue weighted by Gasteiger charge is 2.24. The van der Waals surface area contributed by atoms with Gasteiger partial charge in [0.2, 0.25) is 0 Å². The minimum atomic E-state index is 0.546. The molecule has 0 spiro atoms. The van der Waals surface area contributed by atoms with Gasteiger partial charge in [-0.2, -0.15) is 0 Å². The Morgan fingerprint density at radius 2 is 2.24 bits per heavy atom. The van der Waals surface area contributed by atoms with E-state index in [2.05, 4.69) is 43.1 Å². The average Bonchev–Trinajstić information content (AvgIpc) is 2.36. The molecule has 17 heavy (non-hydrogen) atoms. The van der Waals surface area contributed by atoms with Crippen LogP contribution in [-0.4, -0.2) is 6.04 Å². The van der Waals surface area contributed by atoms with Crippen LogP contribution in [0.15, 0.2) is 36.9 Å². The highest BCUT2D eigenvalue weighted by molar-refractivity contribution is 5.33. The molecule has 0 aliphatic carbocycles. The molecule has 1 aromatic rings. The lowest BCUT2D eigenvalue weighted by Gasteiger charge is -2.33. The summed E-state index contributed by atoms with van der Waals surface area (Å²) in [4.78, 5) is 0. The number of rotatable bonds is 5. The summed E-state index contributed by atoms with van der Waals surface area (Å²) in [6.45, 7) is 6.12. The van der Waals surface area contributed by atoms with Crippen molar-refractivity contribution in [3.63, 3.8) is 0 Å². The number of hydrogen-bond donors (Lipinski definition) is 1. The first kappa shape index (κ1) is 12.4. The van der Waals surface area contributed by atoms with Crippen LogP contribution in [-0.2, 0) is 6.42 Å². The third kappa shape index (κ3) is 2.98. The van der Waals surface area contributed by atoms with Gasteiger partial charge < -0.3 is 5.32 Å². The summed E-state index contributed by atoms with van der Waals surface area (Å²) in [6, 6.07) is 10.0. The predicted octanol–water partition coefficient (Wildman–Crippen LogP) is 4.01. The van der Waals surface area contributed by atoms with Gasteiger partial charge in [0.05, 0.1) is 0 Å². The van der Waals surface area contributed by atoms with E-state index in [1.807, 2.05) is 6.08 Å². The van der Waals surface area contributed by atoms with Crippen LogP contribution in [0.5, 0.6) is 0 Å². The van der Waals surface area contributed by atoms with Gasteiger partial charge in [-0.1, -0.05) is 50.1 Å². The van der Waals surface area contributed by atoms with Crippen molar-refractivity contribution in [2.75, 3.05) is 0 Å². The summed E-state index contributed by atoms with van der Waals surface area (Å²) in [6.07, 6.45) is 8.06. The molecule has 1 aliphatic heterocycles. The van der Waals surface area contributed by atoms with E-state index in [0.29, 0.717) is 12.1 Å². The number of unbranched alkanes of at least 4 members (excludes halogenated alkanes) is 1. The van der Waals surface area contributed by atoms with Crippen molar-refractivity contribution in [2.45, 2.75) is 51.1 Å². The number of nitrogens with one attached hydrogen (secondary N) is 1. The van der Waals surface area contributed by atoms with Crippen molar-refractivity contribution in [3.05, 3.63) is 48.0 Å². The molecule has 0 amide bonds. The molecule has 2 rings (SSSR count). The van der Waals surface area contributed by atoms with Crippen molar-refractivity contribution in [3.8, 4) is 0 Å². The number of benzene rings is 1. The van der Waals surface area contributed by atoms with Gasteiger partial charge in [-0.15, -0.1) is 6.58 Å². The highest BCUT2D eigenvalue weighted by Crippen LogP contribution is 2.29. The van der Waals surface area contributed by atoms with Crippen molar-refractivity contribution in [1.29, 1.82) is 0 Å². The van der Waals surface area contributed by atoms with Crippen LogP contribution in [0.2, 0.25) is 0 Å². The summed E-state index contributed by atoms with van der Waals surface area (Å²) in [5, 5.41) is 3.77. The Kier molecular flexibility index (Phi) is 4.38. The Balaban J connectivity index is 2.16. The molecule has 0 bridgehead atoms. The van der Waals surface area contributed by atoms with Crippen LogP contribution in [0.1, 0.15) is 49.8 Å². The molecule has 0 aromatic heterocycles. The fraction of sp³-hybridized carbons (Fsp3) is 0.500. The molecule has 1 nitrogen and oxygen atoms in total. The second-order valence-corrected chi connectivity index (χ2v) is 4.99. The van der Waals surface area contributed by atoms with Crippen LogP contribution in [0.25, 0.3) is 0 Å². The highest BCUT2D eigenvalue weighted by atomic mass is 15.0. The fourth-order valence-corrected chi connectivity index (χ4v) is 2.76. The van der Waals surface area contributed by atoms with Gasteiger partial charge in [0.1, 0.15) is 0 Å². The molecule has 1 heteroatoms. The van der Waals surface area contributed by atoms with Gasteiger partial charge in [0, 0.05) is 12.1 Å². The lowest BCUT2D eigenvalue weighted by atomic mass is 9.87. The topological polar surface area (TPSA) is 12.0 Å². The lowest BCUT2D eigenvalue weighted by molar-refractivity contribution is 0.379. The average molecular weight is 229 g/mol. The standard InChI is InChI=1S/C16H23N/c1-3-5-11-16-15-10-7-6-9-13(15)12-14(17-16)8-4-2/h4,6-7,9-10,14,16-17H,2-3,5,8,11-12H2,1H3/t14-,16-/m1/s1. The van der Waals surface area contributed by atoms with Crippen LogP contribution >= 0.6 is 0 Å². The smallest absolute Gasteiger partial charge is 0.0325 e. The predicted molar refractivity (Wildman–Crippen MR) is 74.1 cm³/mol. The van der Waals surface area contributed by atoms with Crippen LogP contribution in [0, 0.1) is 0 Å². The molecule has 0 radical (unpaired) electrons. The summed E-state index contributed by atoms with van der Waals surface area (Å²) in [7, 11) is 0. The number of fused-ring (bicyclic) bond motifs is 1. The first-order valence-electron chi connectivity index (χ1n) is 6.80. The van der Waals surface area contributed by atoms with E-state index >= 15 is 0 Å². The van der Waals surface area contributed by atoms with Crippen molar-refractivity contribution >= 4 is 0 Å². The van der Waals surface area contributed by atoms with Crippen molar-refractivity contribution < 1.29 is 0 Å². The molecule has 2 atom stereocenters.